The van der Waals surface area contributed by atoms with Crippen molar-refractivity contribution in [3.8, 4) is 11.5 Å². The van der Waals surface area contributed by atoms with Gasteiger partial charge in [0.25, 0.3) is 0 Å². The molecule has 0 saturated heterocycles. The van der Waals surface area contributed by atoms with Crippen LogP contribution in [0.4, 0.5) is 0 Å². The van der Waals surface area contributed by atoms with Crippen LogP contribution in [0.25, 0.3) is 0 Å². The minimum Gasteiger partial charge on any atom is -0.454 e. The summed E-state index contributed by atoms with van der Waals surface area (Å²) in [6.45, 7) is -0.338. The Bertz CT molecular complexity index is 771. The Morgan fingerprint density at radius 3 is 2.52 bits per heavy atom. The van der Waals surface area contributed by atoms with Crippen LogP contribution >= 0.6 is 23.2 Å². The van der Waals surface area contributed by atoms with Gasteiger partial charge in [-0.1, -0.05) is 23.2 Å². The van der Waals surface area contributed by atoms with Crippen LogP contribution in [0.1, 0.15) is 20.7 Å². The van der Waals surface area contributed by atoms with Crippen LogP contribution in [0.2, 0.25) is 10.0 Å². The molecule has 2 aromatic carbocycles. The van der Waals surface area contributed by atoms with E-state index in [-0.39, 0.29) is 29.8 Å². The molecule has 0 aliphatic carbocycles. The third-order valence-corrected chi connectivity index (χ3v) is 3.70. The van der Waals surface area contributed by atoms with Crippen molar-refractivity contribution in [2.75, 3.05) is 13.4 Å². The number of ketones is 1. The number of esters is 1. The number of rotatable bonds is 4. The van der Waals surface area contributed by atoms with Crippen LogP contribution in [0, 0.1) is 0 Å². The van der Waals surface area contributed by atoms with Crippen molar-refractivity contribution < 1.29 is 23.8 Å². The number of ether oxygens (including phenoxy) is 3. The fourth-order valence-corrected chi connectivity index (χ4v) is 2.41. The van der Waals surface area contributed by atoms with E-state index in [1.165, 1.54) is 12.1 Å². The summed E-state index contributed by atoms with van der Waals surface area (Å²) >= 11 is 11.8. The van der Waals surface area contributed by atoms with Crippen LogP contribution in [-0.4, -0.2) is 25.2 Å². The molecule has 0 bridgehead atoms. The van der Waals surface area contributed by atoms with E-state index in [1.54, 1.807) is 24.3 Å². The van der Waals surface area contributed by atoms with Gasteiger partial charge in [0.05, 0.1) is 10.6 Å². The summed E-state index contributed by atoms with van der Waals surface area (Å²) in [6, 6.07) is 9.18. The first kappa shape index (κ1) is 15.6. The lowest BCUT2D eigenvalue weighted by Gasteiger charge is -2.06. The average molecular weight is 353 g/mol. The molecular weight excluding hydrogens is 343 g/mol. The van der Waals surface area contributed by atoms with Crippen molar-refractivity contribution in [1.29, 1.82) is 0 Å². The molecule has 23 heavy (non-hydrogen) atoms. The summed E-state index contributed by atoms with van der Waals surface area (Å²) in [5.74, 6) is -0.247. The van der Waals surface area contributed by atoms with Gasteiger partial charge in [0.2, 0.25) is 6.79 Å². The van der Waals surface area contributed by atoms with Gasteiger partial charge in [-0.25, -0.2) is 4.79 Å². The second-order valence-corrected chi connectivity index (χ2v) is 5.54. The Morgan fingerprint density at radius 1 is 1.04 bits per heavy atom. The maximum atomic E-state index is 12.0. The molecule has 3 rings (SSSR count). The number of Topliss-reactive ketones (excluding diaryl/α,β-unsaturated/α-hetero) is 1. The third-order valence-electron chi connectivity index (χ3n) is 3.16. The summed E-state index contributed by atoms with van der Waals surface area (Å²) in [5.41, 5.74) is 0.592. The van der Waals surface area contributed by atoms with Crippen LogP contribution in [0.3, 0.4) is 0 Å². The number of halogens is 2. The highest BCUT2D eigenvalue weighted by molar-refractivity contribution is 6.32. The van der Waals surface area contributed by atoms with Crippen molar-refractivity contribution in [1.82, 2.24) is 0 Å². The SMILES string of the molecule is O=C(COC(=O)c1cc(Cl)c2c(c1)OCO2)c1ccc(Cl)cc1. The van der Waals surface area contributed by atoms with E-state index in [0.29, 0.717) is 22.1 Å². The third kappa shape index (κ3) is 3.41. The number of hydrogen-bond donors (Lipinski definition) is 0. The molecule has 118 valence electrons. The van der Waals surface area contributed by atoms with Gasteiger partial charge in [0.15, 0.2) is 23.9 Å². The summed E-state index contributed by atoms with van der Waals surface area (Å²) in [4.78, 5) is 24.0. The highest BCUT2D eigenvalue weighted by Crippen LogP contribution is 2.39. The van der Waals surface area contributed by atoms with Crippen LogP contribution in [-0.2, 0) is 4.74 Å². The van der Waals surface area contributed by atoms with E-state index in [4.69, 9.17) is 37.4 Å². The zero-order valence-corrected chi connectivity index (χ0v) is 13.2. The quantitative estimate of drug-likeness (QED) is 0.619. The van der Waals surface area contributed by atoms with Gasteiger partial charge in [-0.05, 0) is 36.4 Å². The maximum absolute atomic E-state index is 12.0. The standard InChI is InChI=1S/C16H10Cl2O5/c17-11-3-1-9(2-4-11)13(19)7-21-16(20)10-5-12(18)15-14(6-10)22-8-23-15/h1-6H,7-8H2. The minimum atomic E-state index is -0.674. The molecule has 0 atom stereocenters. The monoisotopic (exact) mass is 352 g/mol. The Labute approximate surface area is 141 Å². The molecule has 0 aromatic heterocycles. The lowest BCUT2D eigenvalue weighted by molar-refractivity contribution is 0.0474. The molecule has 0 N–H and O–H groups in total. The van der Waals surface area contributed by atoms with Gasteiger partial charge < -0.3 is 14.2 Å². The molecule has 2 aromatic rings. The fraction of sp³-hybridized carbons (Fsp3) is 0.125. The van der Waals surface area contributed by atoms with E-state index in [0.717, 1.165) is 0 Å². The number of hydrogen-bond acceptors (Lipinski definition) is 5. The first-order valence-corrected chi connectivity index (χ1v) is 7.35. The Morgan fingerprint density at radius 2 is 1.78 bits per heavy atom. The van der Waals surface area contributed by atoms with E-state index >= 15 is 0 Å². The van der Waals surface area contributed by atoms with Crippen molar-refractivity contribution in [2.45, 2.75) is 0 Å². The zero-order valence-electron chi connectivity index (χ0n) is 11.7. The van der Waals surface area contributed by atoms with Crippen LogP contribution in [0.15, 0.2) is 36.4 Å². The van der Waals surface area contributed by atoms with Gasteiger partial charge in [0, 0.05) is 10.6 Å². The molecule has 7 heteroatoms. The van der Waals surface area contributed by atoms with E-state index < -0.39 is 5.97 Å². The highest BCUT2D eigenvalue weighted by atomic mass is 35.5. The number of fused-ring (bicyclic) bond motifs is 1. The first-order valence-electron chi connectivity index (χ1n) is 6.59. The molecular formula is C16H10Cl2O5. The summed E-state index contributed by atoms with van der Waals surface area (Å²) in [6.07, 6.45) is 0. The molecule has 1 heterocycles. The van der Waals surface area contributed by atoms with Crippen LogP contribution in [0.5, 0.6) is 11.5 Å². The predicted molar refractivity (Wildman–Crippen MR) is 83.6 cm³/mol. The Kier molecular flexibility index (Phi) is 4.41. The molecule has 0 fully saturated rings. The number of benzene rings is 2. The first-order chi connectivity index (χ1) is 11.0. The van der Waals surface area contributed by atoms with Crippen LogP contribution < -0.4 is 9.47 Å². The van der Waals surface area contributed by atoms with Crippen molar-refractivity contribution >= 4 is 35.0 Å². The van der Waals surface area contributed by atoms with Crippen molar-refractivity contribution in [3.63, 3.8) is 0 Å². The second-order valence-electron chi connectivity index (χ2n) is 4.70. The zero-order chi connectivity index (χ0) is 16.4. The fourth-order valence-electron chi connectivity index (χ4n) is 2.02. The van der Waals surface area contributed by atoms with E-state index in [2.05, 4.69) is 0 Å². The topological polar surface area (TPSA) is 61.8 Å². The average Bonchev–Trinajstić information content (AvgIpc) is 3.02. The largest absolute Gasteiger partial charge is 0.454 e. The number of carbonyl (C=O) groups is 2. The molecule has 5 nitrogen and oxygen atoms in total. The molecule has 0 spiro atoms. The summed E-state index contributed by atoms with van der Waals surface area (Å²) in [7, 11) is 0. The van der Waals surface area contributed by atoms with Gasteiger partial charge in [-0.2, -0.15) is 0 Å². The second kappa shape index (κ2) is 6.48. The predicted octanol–water partition coefficient (Wildman–Crippen LogP) is 3.76. The van der Waals surface area contributed by atoms with E-state index in [9.17, 15) is 9.59 Å². The van der Waals surface area contributed by atoms with Crippen molar-refractivity contribution in [2.24, 2.45) is 0 Å². The Hall–Kier alpha value is -2.24. The van der Waals surface area contributed by atoms with Gasteiger partial charge in [0.1, 0.15) is 0 Å². The molecule has 1 aliphatic rings. The maximum Gasteiger partial charge on any atom is 0.338 e. The molecule has 0 amide bonds. The highest BCUT2D eigenvalue weighted by Gasteiger charge is 2.21. The van der Waals surface area contributed by atoms with Gasteiger partial charge in [-0.3, -0.25) is 4.79 Å². The molecule has 0 saturated carbocycles. The molecule has 1 aliphatic heterocycles. The van der Waals surface area contributed by atoms with Crippen molar-refractivity contribution in [3.05, 3.63) is 57.6 Å². The minimum absolute atomic E-state index is 0.0443. The smallest absolute Gasteiger partial charge is 0.338 e. The summed E-state index contributed by atoms with van der Waals surface area (Å²) < 4.78 is 15.4. The number of carbonyl (C=O) groups excluding carboxylic acids is 2. The van der Waals surface area contributed by atoms with Gasteiger partial charge >= 0.3 is 5.97 Å². The lowest BCUT2D eigenvalue weighted by Crippen LogP contribution is -2.14. The molecule has 0 radical (unpaired) electrons. The van der Waals surface area contributed by atoms with E-state index in [1.807, 2.05) is 0 Å². The normalized spacial score (nSPS) is 12.1. The molecule has 0 unspecified atom stereocenters. The van der Waals surface area contributed by atoms with Gasteiger partial charge in [-0.15, -0.1) is 0 Å². The Balaban J connectivity index is 1.67. The lowest BCUT2D eigenvalue weighted by atomic mass is 10.1. The summed E-state index contributed by atoms with van der Waals surface area (Å²) in [5, 5.41) is 0.768.